The molecule has 0 bridgehead atoms. The van der Waals surface area contributed by atoms with Crippen LogP contribution in [0.2, 0.25) is 0 Å². The van der Waals surface area contributed by atoms with E-state index in [1.54, 1.807) is 6.07 Å². The summed E-state index contributed by atoms with van der Waals surface area (Å²) in [6.07, 6.45) is 1.32. The van der Waals surface area contributed by atoms with Crippen molar-refractivity contribution in [2.24, 2.45) is 0 Å². The van der Waals surface area contributed by atoms with Crippen molar-refractivity contribution in [3.05, 3.63) is 89.2 Å². The molecule has 3 aromatic rings. The molecule has 1 aliphatic rings. The lowest BCUT2D eigenvalue weighted by Gasteiger charge is -2.34. The summed E-state index contributed by atoms with van der Waals surface area (Å²) in [6, 6.07) is 18.1. The van der Waals surface area contributed by atoms with Crippen LogP contribution in [0.1, 0.15) is 43.6 Å². The topological polar surface area (TPSA) is 41.5 Å². The first kappa shape index (κ1) is 20.2. The molecule has 3 nitrogen and oxygen atoms in total. The Morgan fingerprint density at radius 3 is 2.40 bits per heavy atom. The van der Waals surface area contributed by atoms with Gasteiger partial charge < -0.3 is 15.2 Å². The molecule has 0 aromatic heterocycles. The van der Waals surface area contributed by atoms with E-state index in [9.17, 15) is 9.50 Å². The fourth-order valence-electron chi connectivity index (χ4n) is 4.35. The number of fused-ring (bicyclic) bond motifs is 1. The van der Waals surface area contributed by atoms with Crippen molar-refractivity contribution in [1.82, 2.24) is 0 Å². The smallest absolute Gasteiger partial charge is 0.129 e. The van der Waals surface area contributed by atoms with Gasteiger partial charge in [-0.1, -0.05) is 42.5 Å². The number of ether oxygens (including phenoxy) is 1. The van der Waals surface area contributed by atoms with Crippen molar-refractivity contribution >= 4 is 11.3 Å². The first-order valence-corrected chi connectivity index (χ1v) is 10.0. The summed E-state index contributed by atoms with van der Waals surface area (Å²) in [4.78, 5) is 0. The van der Waals surface area contributed by atoms with Gasteiger partial charge in [0.15, 0.2) is 0 Å². The fourth-order valence-corrected chi connectivity index (χ4v) is 4.35. The summed E-state index contributed by atoms with van der Waals surface area (Å²) in [5, 5.41) is 15.0. The normalized spacial score (nSPS) is 15.6. The molecule has 1 aliphatic heterocycles. The highest BCUT2D eigenvalue weighted by Crippen LogP contribution is 2.46. The van der Waals surface area contributed by atoms with Gasteiger partial charge in [0, 0.05) is 28.4 Å². The number of aliphatic hydroxyl groups excluding tert-OH is 1. The van der Waals surface area contributed by atoms with E-state index in [1.807, 2.05) is 42.5 Å². The third-order valence-electron chi connectivity index (χ3n) is 5.52. The molecular formula is C26H26FNO2. The number of methoxy groups -OCH3 is 1. The second-order valence-corrected chi connectivity index (χ2v) is 8.28. The zero-order valence-corrected chi connectivity index (χ0v) is 17.7. The molecule has 3 aromatic carbocycles. The van der Waals surface area contributed by atoms with E-state index in [-0.39, 0.29) is 11.4 Å². The van der Waals surface area contributed by atoms with Crippen molar-refractivity contribution in [3.63, 3.8) is 0 Å². The molecule has 4 rings (SSSR count). The molecule has 0 amide bonds. The molecular weight excluding hydrogens is 377 g/mol. The number of benzene rings is 3. The Balaban J connectivity index is 2.02. The average Bonchev–Trinajstić information content (AvgIpc) is 2.72. The van der Waals surface area contributed by atoms with Crippen LogP contribution in [-0.2, 0) is 0 Å². The molecule has 154 valence electrons. The molecule has 1 atom stereocenters. The van der Waals surface area contributed by atoms with Crippen LogP contribution in [0.25, 0.3) is 16.7 Å². The fraction of sp³-hybridized carbons (Fsp3) is 0.231. The van der Waals surface area contributed by atoms with Gasteiger partial charge in [0.2, 0.25) is 0 Å². The number of hydrogen-bond donors (Lipinski definition) is 2. The number of allylic oxidation sites excluding steroid dienone is 1. The number of rotatable bonds is 4. The number of halogens is 1. The number of aliphatic hydroxyl groups is 1. The van der Waals surface area contributed by atoms with Crippen LogP contribution in [0, 0.1) is 5.82 Å². The Morgan fingerprint density at radius 1 is 1.00 bits per heavy atom. The van der Waals surface area contributed by atoms with Gasteiger partial charge in [-0.3, -0.25) is 0 Å². The van der Waals surface area contributed by atoms with Gasteiger partial charge in [0.25, 0.3) is 0 Å². The van der Waals surface area contributed by atoms with E-state index in [0.717, 1.165) is 39.1 Å². The van der Waals surface area contributed by atoms with Crippen LogP contribution < -0.4 is 10.1 Å². The molecule has 0 radical (unpaired) electrons. The van der Waals surface area contributed by atoms with Gasteiger partial charge in [-0.05, 0) is 55.7 Å². The Labute approximate surface area is 176 Å². The lowest BCUT2D eigenvalue weighted by atomic mass is 9.82. The van der Waals surface area contributed by atoms with E-state index in [4.69, 9.17) is 4.74 Å². The summed E-state index contributed by atoms with van der Waals surface area (Å²) in [7, 11) is 1.53. The Hall–Kier alpha value is -3.11. The molecule has 30 heavy (non-hydrogen) atoms. The third kappa shape index (κ3) is 3.59. The molecule has 0 aliphatic carbocycles. The van der Waals surface area contributed by atoms with E-state index in [2.05, 4.69) is 32.2 Å². The second-order valence-electron chi connectivity index (χ2n) is 8.28. The van der Waals surface area contributed by atoms with Crippen LogP contribution in [0.4, 0.5) is 10.1 Å². The van der Waals surface area contributed by atoms with Crippen molar-refractivity contribution in [1.29, 1.82) is 0 Å². The maximum Gasteiger partial charge on any atom is 0.129 e. The summed E-state index contributed by atoms with van der Waals surface area (Å²) in [5.41, 5.74) is 5.96. The van der Waals surface area contributed by atoms with Crippen molar-refractivity contribution in [2.75, 3.05) is 12.4 Å². The molecule has 0 saturated carbocycles. The SMILES string of the molecule is COc1cc(F)ccc1-c1ccc2c(c1C(O)c1ccccc1)C(C)=CC(C)(C)N2. The van der Waals surface area contributed by atoms with Gasteiger partial charge in [0.1, 0.15) is 17.7 Å². The molecule has 4 heteroatoms. The van der Waals surface area contributed by atoms with Crippen LogP contribution >= 0.6 is 0 Å². The van der Waals surface area contributed by atoms with Gasteiger partial charge in [0.05, 0.1) is 12.6 Å². The minimum Gasteiger partial charge on any atom is -0.496 e. The van der Waals surface area contributed by atoms with E-state index < -0.39 is 6.10 Å². The molecule has 0 spiro atoms. The minimum atomic E-state index is -0.850. The summed E-state index contributed by atoms with van der Waals surface area (Å²) in [6.45, 7) is 6.29. The van der Waals surface area contributed by atoms with Gasteiger partial charge >= 0.3 is 0 Å². The molecule has 1 unspecified atom stereocenters. The first-order valence-electron chi connectivity index (χ1n) is 10.0. The predicted molar refractivity (Wildman–Crippen MR) is 120 cm³/mol. The molecule has 1 heterocycles. The van der Waals surface area contributed by atoms with Gasteiger partial charge in [-0.25, -0.2) is 4.39 Å². The minimum absolute atomic E-state index is 0.193. The van der Waals surface area contributed by atoms with Gasteiger partial charge in [-0.15, -0.1) is 0 Å². The first-order chi connectivity index (χ1) is 14.3. The predicted octanol–water partition coefficient (Wildman–Crippen LogP) is 6.19. The zero-order chi connectivity index (χ0) is 21.5. The zero-order valence-electron chi connectivity index (χ0n) is 17.7. The Bertz CT molecular complexity index is 1120. The Kier molecular flexibility index (Phi) is 5.12. The monoisotopic (exact) mass is 403 g/mol. The van der Waals surface area contributed by atoms with Crippen molar-refractivity contribution in [2.45, 2.75) is 32.4 Å². The van der Waals surface area contributed by atoms with Crippen LogP contribution in [0.15, 0.2) is 66.7 Å². The quantitative estimate of drug-likeness (QED) is 0.546. The van der Waals surface area contributed by atoms with Crippen molar-refractivity contribution < 1.29 is 14.2 Å². The average molecular weight is 403 g/mol. The third-order valence-corrected chi connectivity index (χ3v) is 5.52. The van der Waals surface area contributed by atoms with E-state index in [0.29, 0.717) is 5.75 Å². The maximum absolute atomic E-state index is 13.8. The summed E-state index contributed by atoms with van der Waals surface area (Å²) >= 11 is 0. The lowest BCUT2D eigenvalue weighted by molar-refractivity contribution is 0.220. The highest BCUT2D eigenvalue weighted by Gasteiger charge is 2.29. The number of nitrogens with one attached hydrogen (secondary N) is 1. The Morgan fingerprint density at radius 2 is 1.70 bits per heavy atom. The van der Waals surface area contributed by atoms with Crippen LogP contribution in [-0.4, -0.2) is 17.8 Å². The molecule has 0 fully saturated rings. The highest BCUT2D eigenvalue weighted by molar-refractivity contribution is 5.89. The van der Waals surface area contributed by atoms with E-state index in [1.165, 1.54) is 19.2 Å². The van der Waals surface area contributed by atoms with E-state index >= 15 is 0 Å². The summed E-state index contributed by atoms with van der Waals surface area (Å²) < 4.78 is 19.3. The van der Waals surface area contributed by atoms with Crippen LogP contribution in [0.5, 0.6) is 5.75 Å². The maximum atomic E-state index is 13.8. The number of anilines is 1. The number of hydrogen-bond acceptors (Lipinski definition) is 3. The standard InChI is InChI=1S/C26H26FNO2/c1-16-15-26(2,3)28-21-13-12-20(19-11-10-18(27)14-22(19)30-4)24(23(16)21)25(29)17-8-6-5-7-9-17/h5-15,25,28-29H,1-4H3. The lowest BCUT2D eigenvalue weighted by Crippen LogP contribution is -2.32. The summed E-state index contributed by atoms with van der Waals surface area (Å²) in [5.74, 6) is 0.0698. The molecule has 2 N–H and O–H groups in total. The van der Waals surface area contributed by atoms with Crippen molar-refractivity contribution in [3.8, 4) is 16.9 Å². The largest absolute Gasteiger partial charge is 0.496 e. The van der Waals surface area contributed by atoms with Gasteiger partial charge in [-0.2, -0.15) is 0 Å². The second kappa shape index (κ2) is 7.62. The molecule has 0 saturated heterocycles. The highest BCUT2D eigenvalue weighted by atomic mass is 19.1. The van der Waals surface area contributed by atoms with Crippen LogP contribution in [0.3, 0.4) is 0 Å².